The molecule has 5 atom stereocenters. The van der Waals surface area contributed by atoms with Crippen LogP contribution < -0.4 is 33.2 Å². The number of nitrogens with two attached hydrogens (primary N) is 3. The first-order chi connectivity index (χ1) is 18.5. The molecule has 0 saturated carbocycles. The number of thioether (sulfide) groups is 1. The van der Waals surface area contributed by atoms with Crippen LogP contribution in [0.2, 0.25) is 0 Å². The molecule has 0 aliphatic heterocycles. The lowest BCUT2D eigenvalue weighted by Gasteiger charge is -2.26. The zero-order valence-electron chi connectivity index (χ0n) is 22.9. The molecule has 0 spiro atoms. The van der Waals surface area contributed by atoms with Crippen LogP contribution in [0.3, 0.4) is 0 Å². The summed E-state index contributed by atoms with van der Waals surface area (Å²) in [6, 6.07) is 5.25. The van der Waals surface area contributed by atoms with Gasteiger partial charge in [-0.2, -0.15) is 11.8 Å². The number of hydrogen-bond donors (Lipinski definition) is 7. The lowest BCUT2D eigenvalue weighted by molar-refractivity contribution is -0.143. The van der Waals surface area contributed by atoms with Crippen molar-refractivity contribution >= 4 is 41.4 Å². The van der Waals surface area contributed by atoms with Crippen molar-refractivity contribution in [3.63, 3.8) is 0 Å². The summed E-state index contributed by atoms with van der Waals surface area (Å²) in [6.07, 6.45) is 3.52. The van der Waals surface area contributed by atoms with Gasteiger partial charge in [-0.25, -0.2) is 4.79 Å². The molecule has 0 heterocycles. The zero-order valence-corrected chi connectivity index (χ0v) is 23.7. The van der Waals surface area contributed by atoms with Crippen LogP contribution in [0.4, 0.5) is 0 Å². The summed E-state index contributed by atoms with van der Waals surface area (Å²) in [7, 11) is 0. The van der Waals surface area contributed by atoms with Gasteiger partial charge in [-0.05, 0) is 49.2 Å². The Labute approximate surface area is 234 Å². The minimum atomic E-state index is -1.15. The second-order valence-corrected chi connectivity index (χ2v) is 10.3. The monoisotopic (exact) mass is 565 g/mol. The van der Waals surface area contributed by atoms with Gasteiger partial charge in [0.25, 0.3) is 0 Å². The molecule has 1 aromatic carbocycles. The minimum Gasteiger partial charge on any atom is -0.480 e. The van der Waals surface area contributed by atoms with E-state index in [4.69, 9.17) is 17.2 Å². The number of aliphatic imine (C=N–C) groups is 1. The fourth-order valence-electron chi connectivity index (χ4n) is 3.73. The molecule has 1 aromatic rings. The largest absolute Gasteiger partial charge is 0.480 e. The molecule has 12 nitrogen and oxygen atoms in total. The van der Waals surface area contributed by atoms with Crippen LogP contribution in [0.5, 0.6) is 0 Å². The molecule has 13 heteroatoms. The minimum absolute atomic E-state index is 0.0898. The molecule has 0 saturated heterocycles. The normalized spacial score (nSPS) is 14.7. The van der Waals surface area contributed by atoms with Crippen molar-refractivity contribution in [1.29, 1.82) is 0 Å². The van der Waals surface area contributed by atoms with Crippen molar-refractivity contribution < 1.29 is 24.3 Å². The van der Waals surface area contributed by atoms with Gasteiger partial charge in [0.2, 0.25) is 17.7 Å². The van der Waals surface area contributed by atoms with Crippen molar-refractivity contribution in [3.8, 4) is 0 Å². The summed E-state index contributed by atoms with van der Waals surface area (Å²) < 4.78 is 0. The van der Waals surface area contributed by atoms with E-state index in [9.17, 15) is 24.3 Å². The van der Waals surface area contributed by atoms with Gasteiger partial charge >= 0.3 is 5.97 Å². The van der Waals surface area contributed by atoms with Crippen LogP contribution in [-0.2, 0) is 25.6 Å². The molecular formula is C26H43N7O5S. The maximum absolute atomic E-state index is 13.3. The van der Waals surface area contributed by atoms with Gasteiger partial charge in [-0.15, -0.1) is 0 Å². The van der Waals surface area contributed by atoms with Crippen molar-refractivity contribution in [2.24, 2.45) is 28.1 Å². The fraction of sp³-hybridized carbons (Fsp3) is 0.577. The van der Waals surface area contributed by atoms with Crippen molar-refractivity contribution in [1.82, 2.24) is 16.0 Å². The van der Waals surface area contributed by atoms with Gasteiger partial charge in [0.15, 0.2) is 5.96 Å². The first-order valence-corrected chi connectivity index (χ1v) is 14.4. The van der Waals surface area contributed by atoms with E-state index in [1.807, 2.05) is 43.5 Å². The van der Waals surface area contributed by atoms with E-state index in [1.54, 1.807) is 6.92 Å². The van der Waals surface area contributed by atoms with Gasteiger partial charge < -0.3 is 38.3 Å². The Bertz CT molecular complexity index is 959. The molecule has 0 fully saturated rings. The van der Waals surface area contributed by atoms with Gasteiger partial charge in [0.05, 0.1) is 6.04 Å². The molecule has 0 bridgehead atoms. The highest BCUT2D eigenvalue weighted by molar-refractivity contribution is 7.98. The molecule has 39 heavy (non-hydrogen) atoms. The van der Waals surface area contributed by atoms with Gasteiger partial charge in [-0.3, -0.25) is 19.4 Å². The molecule has 3 amide bonds. The van der Waals surface area contributed by atoms with Gasteiger partial charge in [0, 0.05) is 6.54 Å². The second-order valence-electron chi connectivity index (χ2n) is 9.36. The van der Waals surface area contributed by atoms with E-state index in [1.165, 1.54) is 11.8 Å². The van der Waals surface area contributed by atoms with E-state index in [-0.39, 0.29) is 37.7 Å². The summed E-state index contributed by atoms with van der Waals surface area (Å²) in [6.45, 7) is 3.80. The van der Waals surface area contributed by atoms with Crippen molar-refractivity contribution in [2.75, 3.05) is 18.6 Å². The predicted octanol–water partition coefficient (Wildman–Crippen LogP) is -0.0518. The SMILES string of the molecule is CCC(C)C(NC(=O)C(CCSC)NC(=O)C(CCCN=C(N)N)NC(=O)C(N)Cc1ccccc1)C(=O)O. The third-order valence-electron chi connectivity index (χ3n) is 6.23. The number of aliphatic carboxylic acids is 1. The highest BCUT2D eigenvalue weighted by atomic mass is 32.2. The quantitative estimate of drug-likeness (QED) is 0.0720. The third-order valence-corrected chi connectivity index (χ3v) is 6.88. The number of rotatable bonds is 18. The van der Waals surface area contributed by atoms with Crippen LogP contribution in [0.1, 0.15) is 45.1 Å². The first kappa shape index (κ1) is 33.7. The van der Waals surface area contributed by atoms with E-state index in [0.29, 0.717) is 18.6 Å². The summed E-state index contributed by atoms with van der Waals surface area (Å²) in [5, 5.41) is 17.5. The lowest BCUT2D eigenvalue weighted by Crippen LogP contribution is -2.58. The number of guanidine groups is 1. The van der Waals surface area contributed by atoms with Crippen LogP contribution in [0.25, 0.3) is 0 Å². The molecule has 0 aliphatic rings. The molecule has 218 valence electrons. The summed E-state index contributed by atoms with van der Waals surface area (Å²) in [5.41, 5.74) is 17.7. The number of carbonyl (C=O) groups excluding carboxylic acids is 3. The second kappa shape index (κ2) is 18.1. The van der Waals surface area contributed by atoms with E-state index >= 15 is 0 Å². The number of hydrogen-bond acceptors (Lipinski definition) is 7. The molecule has 10 N–H and O–H groups in total. The van der Waals surface area contributed by atoms with Crippen LogP contribution in [0, 0.1) is 5.92 Å². The Morgan fingerprint density at radius 1 is 0.974 bits per heavy atom. The summed E-state index contributed by atoms with van der Waals surface area (Å²) in [4.78, 5) is 54.9. The number of amides is 3. The van der Waals surface area contributed by atoms with E-state index < -0.39 is 47.9 Å². The highest BCUT2D eigenvalue weighted by Gasteiger charge is 2.31. The fourth-order valence-corrected chi connectivity index (χ4v) is 4.20. The number of carboxylic acids is 1. The van der Waals surface area contributed by atoms with Crippen LogP contribution in [-0.4, -0.2) is 77.5 Å². The predicted molar refractivity (Wildman–Crippen MR) is 154 cm³/mol. The third kappa shape index (κ3) is 12.9. The number of benzene rings is 1. The maximum atomic E-state index is 13.3. The topological polar surface area (TPSA) is 215 Å². The van der Waals surface area contributed by atoms with Crippen molar-refractivity contribution in [3.05, 3.63) is 35.9 Å². The average molecular weight is 566 g/mol. The Morgan fingerprint density at radius 3 is 2.13 bits per heavy atom. The molecule has 0 aliphatic carbocycles. The molecule has 0 radical (unpaired) electrons. The standard InChI is InChI=1S/C26H43N7O5S/c1-4-16(2)21(25(37)38)33-24(36)20(12-14-39-3)32-23(35)19(11-8-13-30-26(28)29)31-22(34)18(27)15-17-9-6-5-7-10-17/h5-7,9-10,16,18-21H,4,8,11-15,27H2,1-3H3,(H,31,34)(H,32,35)(H,33,36)(H,37,38)(H4,28,29,30). The van der Waals surface area contributed by atoms with Gasteiger partial charge in [-0.1, -0.05) is 50.6 Å². The molecular weight excluding hydrogens is 522 g/mol. The number of nitrogens with one attached hydrogen (secondary N) is 3. The molecule has 0 aromatic heterocycles. The van der Waals surface area contributed by atoms with Gasteiger partial charge in [0.1, 0.15) is 18.1 Å². The van der Waals surface area contributed by atoms with Crippen LogP contribution in [0.15, 0.2) is 35.3 Å². The summed E-state index contributed by atoms with van der Waals surface area (Å²) >= 11 is 1.48. The zero-order chi connectivity index (χ0) is 29.4. The maximum Gasteiger partial charge on any atom is 0.326 e. The molecule has 5 unspecified atom stereocenters. The number of carboxylic acid groups (broad SMARTS) is 1. The first-order valence-electron chi connectivity index (χ1n) is 13.0. The highest BCUT2D eigenvalue weighted by Crippen LogP contribution is 2.10. The molecule has 1 rings (SSSR count). The number of carbonyl (C=O) groups is 4. The smallest absolute Gasteiger partial charge is 0.326 e. The Hall–Kier alpha value is -3.32. The Kier molecular flexibility index (Phi) is 15.6. The van der Waals surface area contributed by atoms with E-state index in [2.05, 4.69) is 20.9 Å². The van der Waals surface area contributed by atoms with Crippen LogP contribution >= 0.6 is 11.8 Å². The Morgan fingerprint density at radius 2 is 1.56 bits per heavy atom. The van der Waals surface area contributed by atoms with Crippen molar-refractivity contribution in [2.45, 2.75) is 70.1 Å². The number of nitrogens with zero attached hydrogens (tertiary/aromatic N) is 1. The summed E-state index contributed by atoms with van der Waals surface area (Å²) in [5.74, 6) is -2.71. The Balaban J connectivity index is 3.03. The average Bonchev–Trinajstić information content (AvgIpc) is 2.90. The lowest BCUT2D eigenvalue weighted by atomic mass is 9.98. The van der Waals surface area contributed by atoms with E-state index in [0.717, 1.165) is 5.56 Å².